The SMILES string of the molecule is C[C@H](OC(=O)/C(C#N)=C/c1ccc(N(C)C)cc1)c1cccc([N+](=O)[O-])c1. The molecule has 0 amide bonds. The summed E-state index contributed by atoms with van der Waals surface area (Å²) in [6, 6.07) is 15.0. The van der Waals surface area contributed by atoms with Gasteiger partial charge in [0.2, 0.25) is 0 Å². The van der Waals surface area contributed by atoms with Crippen LogP contribution in [0.4, 0.5) is 11.4 Å². The molecule has 0 N–H and O–H groups in total. The molecule has 0 aliphatic rings. The summed E-state index contributed by atoms with van der Waals surface area (Å²) < 4.78 is 5.30. The summed E-state index contributed by atoms with van der Waals surface area (Å²) in [5.74, 6) is -0.784. The maximum Gasteiger partial charge on any atom is 0.349 e. The van der Waals surface area contributed by atoms with Crippen LogP contribution in [0.15, 0.2) is 54.1 Å². The Morgan fingerprint density at radius 3 is 2.48 bits per heavy atom. The number of esters is 1. The van der Waals surface area contributed by atoms with Crippen molar-refractivity contribution in [2.24, 2.45) is 0 Å². The van der Waals surface area contributed by atoms with Crippen molar-refractivity contribution in [3.63, 3.8) is 0 Å². The van der Waals surface area contributed by atoms with Crippen molar-refractivity contribution in [1.82, 2.24) is 0 Å². The number of anilines is 1. The second kappa shape index (κ2) is 8.63. The molecule has 0 radical (unpaired) electrons. The maximum atomic E-state index is 12.3. The Morgan fingerprint density at radius 2 is 1.93 bits per heavy atom. The lowest BCUT2D eigenvalue weighted by Gasteiger charge is -2.13. The number of ether oxygens (including phenoxy) is 1. The fourth-order valence-electron chi connectivity index (χ4n) is 2.36. The average Bonchev–Trinajstić information content (AvgIpc) is 2.66. The van der Waals surface area contributed by atoms with Crippen LogP contribution in [0, 0.1) is 21.4 Å². The molecule has 2 aromatic rings. The number of nitro benzene ring substituents is 1. The summed E-state index contributed by atoms with van der Waals surface area (Å²) in [4.78, 5) is 24.6. The van der Waals surface area contributed by atoms with Crippen LogP contribution >= 0.6 is 0 Å². The number of hydrogen-bond donors (Lipinski definition) is 0. The van der Waals surface area contributed by atoms with E-state index in [4.69, 9.17) is 4.74 Å². The summed E-state index contributed by atoms with van der Waals surface area (Å²) in [5, 5.41) is 20.1. The Morgan fingerprint density at radius 1 is 1.26 bits per heavy atom. The molecule has 27 heavy (non-hydrogen) atoms. The Kier molecular flexibility index (Phi) is 6.28. The molecule has 0 aliphatic carbocycles. The van der Waals surface area contributed by atoms with Gasteiger partial charge in [-0.05, 0) is 36.3 Å². The van der Waals surface area contributed by atoms with Gasteiger partial charge in [0, 0.05) is 31.9 Å². The third-order valence-electron chi connectivity index (χ3n) is 3.90. The fourth-order valence-corrected chi connectivity index (χ4v) is 2.36. The highest BCUT2D eigenvalue weighted by Gasteiger charge is 2.18. The normalized spacial score (nSPS) is 12.0. The van der Waals surface area contributed by atoms with Gasteiger partial charge in [-0.15, -0.1) is 0 Å². The van der Waals surface area contributed by atoms with Crippen LogP contribution < -0.4 is 4.90 Å². The standard InChI is InChI=1S/C20H19N3O4/c1-14(16-5-4-6-19(12-16)23(25)26)27-20(24)17(13-21)11-15-7-9-18(10-8-15)22(2)3/h4-12,14H,1-3H3/b17-11+/t14-/m0/s1. The molecular formula is C20H19N3O4. The van der Waals surface area contributed by atoms with Gasteiger partial charge in [-0.1, -0.05) is 24.3 Å². The minimum Gasteiger partial charge on any atom is -0.454 e. The van der Waals surface area contributed by atoms with Gasteiger partial charge in [0.05, 0.1) is 4.92 Å². The van der Waals surface area contributed by atoms with Gasteiger partial charge in [-0.2, -0.15) is 5.26 Å². The van der Waals surface area contributed by atoms with E-state index in [1.807, 2.05) is 37.2 Å². The zero-order valence-electron chi connectivity index (χ0n) is 15.2. The summed E-state index contributed by atoms with van der Waals surface area (Å²) in [7, 11) is 3.83. The third-order valence-corrected chi connectivity index (χ3v) is 3.90. The first-order chi connectivity index (χ1) is 12.8. The number of carbonyl (C=O) groups excluding carboxylic acids is 1. The molecule has 0 bridgehead atoms. The molecule has 0 aromatic heterocycles. The summed E-state index contributed by atoms with van der Waals surface area (Å²) >= 11 is 0. The maximum absolute atomic E-state index is 12.3. The number of non-ortho nitro benzene ring substituents is 1. The van der Waals surface area contributed by atoms with Gasteiger partial charge < -0.3 is 9.64 Å². The summed E-state index contributed by atoms with van der Waals surface area (Å²) in [6.45, 7) is 1.60. The first-order valence-corrected chi connectivity index (χ1v) is 8.16. The molecule has 0 saturated carbocycles. The third kappa shape index (κ3) is 5.16. The lowest BCUT2D eigenvalue weighted by molar-refractivity contribution is -0.385. The van der Waals surface area contributed by atoms with E-state index in [2.05, 4.69) is 0 Å². The van der Waals surface area contributed by atoms with E-state index >= 15 is 0 Å². The zero-order valence-corrected chi connectivity index (χ0v) is 15.2. The molecule has 0 unspecified atom stereocenters. The lowest BCUT2D eigenvalue weighted by Crippen LogP contribution is -2.11. The van der Waals surface area contributed by atoms with Crippen LogP contribution in [0.3, 0.4) is 0 Å². The minimum atomic E-state index is -0.784. The fraction of sp³-hybridized carbons (Fsp3) is 0.200. The Labute approximate surface area is 157 Å². The van der Waals surface area contributed by atoms with Gasteiger partial charge in [-0.25, -0.2) is 4.79 Å². The van der Waals surface area contributed by atoms with Crippen LogP contribution in [0.1, 0.15) is 24.2 Å². The number of nitriles is 1. The molecule has 0 saturated heterocycles. The molecule has 1 atom stereocenters. The van der Waals surface area contributed by atoms with Crippen molar-refractivity contribution < 1.29 is 14.5 Å². The quantitative estimate of drug-likeness (QED) is 0.253. The Hall–Kier alpha value is -3.66. The molecule has 0 aliphatic heterocycles. The van der Waals surface area contributed by atoms with Crippen LogP contribution in [0.2, 0.25) is 0 Å². The van der Waals surface area contributed by atoms with Crippen molar-refractivity contribution in [3.8, 4) is 6.07 Å². The van der Waals surface area contributed by atoms with Crippen LogP contribution in [-0.2, 0) is 9.53 Å². The molecule has 0 spiro atoms. The Balaban J connectivity index is 2.15. The highest BCUT2D eigenvalue weighted by atomic mass is 16.6. The second-order valence-electron chi connectivity index (χ2n) is 6.06. The number of nitro groups is 1. The van der Waals surface area contributed by atoms with Crippen molar-refractivity contribution in [2.75, 3.05) is 19.0 Å². The first kappa shape index (κ1) is 19.7. The van der Waals surface area contributed by atoms with E-state index in [1.54, 1.807) is 25.1 Å². The van der Waals surface area contributed by atoms with Gasteiger partial charge >= 0.3 is 5.97 Å². The Bertz CT molecular complexity index is 912. The summed E-state index contributed by atoms with van der Waals surface area (Å²) in [6.07, 6.45) is 0.715. The van der Waals surface area contributed by atoms with Crippen molar-refractivity contribution >= 4 is 23.4 Å². The van der Waals surface area contributed by atoms with Gasteiger partial charge in [0.15, 0.2) is 0 Å². The summed E-state index contributed by atoms with van der Waals surface area (Å²) in [5.41, 5.74) is 1.92. The van der Waals surface area contributed by atoms with E-state index in [0.717, 1.165) is 5.69 Å². The highest BCUT2D eigenvalue weighted by Crippen LogP contribution is 2.23. The molecule has 138 valence electrons. The monoisotopic (exact) mass is 365 g/mol. The second-order valence-corrected chi connectivity index (χ2v) is 6.06. The number of benzene rings is 2. The smallest absolute Gasteiger partial charge is 0.349 e. The van der Waals surface area contributed by atoms with E-state index in [-0.39, 0.29) is 11.3 Å². The number of hydrogen-bond acceptors (Lipinski definition) is 6. The number of rotatable bonds is 6. The molecular weight excluding hydrogens is 346 g/mol. The van der Waals surface area contributed by atoms with E-state index in [0.29, 0.717) is 11.1 Å². The van der Waals surface area contributed by atoms with Crippen LogP contribution in [-0.4, -0.2) is 25.0 Å². The van der Waals surface area contributed by atoms with Crippen molar-refractivity contribution in [3.05, 3.63) is 75.3 Å². The van der Waals surface area contributed by atoms with Crippen LogP contribution in [0.5, 0.6) is 0 Å². The van der Waals surface area contributed by atoms with Gasteiger partial charge in [0.1, 0.15) is 17.7 Å². The highest BCUT2D eigenvalue weighted by molar-refractivity contribution is 5.98. The van der Waals surface area contributed by atoms with Crippen molar-refractivity contribution in [2.45, 2.75) is 13.0 Å². The first-order valence-electron chi connectivity index (χ1n) is 8.16. The zero-order chi connectivity index (χ0) is 20.0. The minimum absolute atomic E-state index is 0.0903. The predicted molar refractivity (Wildman–Crippen MR) is 102 cm³/mol. The van der Waals surface area contributed by atoms with E-state index in [1.165, 1.54) is 24.3 Å². The van der Waals surface area contributed by atoms with Gasteiger partial charge in [0.25, 0.3) is 5.69 Å². The van der Waals surface area contributed by atoms with E-state index in [9.17, 15) is 20.2 Å². The molecule has 0 heterocycles. The molecule has 7 nitrogen and oxygen atoms in total. The molecule has 0 fully saturated rings. The number of carbonyl (C=O) groups is 1. The number of nitrogens with zero attached hydrogens (tertiary/aromatic N) is 3. The lowest BCUT2D eigenvalue weighted by atomic mass is 10.1. The van der Waals surface area contributed by atoms with E-state index < -0.39 is 17.0 Å². The average molecular weight is 365 g/mol. The molecule has 7 heteroatoms. The largest absolute Gasteiger partial charge is 0.454 e. The van der Waals surface area contributed by atoms with Crippen molar-refractivity contribution in [1.29, 1.82) is 5.26 Å². The predicted octanol–water partition coefficient (Wildman–Crippen LogP) is 3.87. The topological polar surface area (TPSA) is 96.5 Å². The van der Waals surface area contributed by atoms with Gasteiger partial charge in [-0.3, -0.25) is 10.1 Å². The van der Waals surface area contributed by atoms with Crippen LogP contribution in [0.25, 0.3) is 6.08 Å². The molecule has 2 aromatic carbocycles. The molecule has 2 rings (SSSR count).